The molecule has 2 rings (SSSR count). The number of nitro groups is 1. The number of thiophene rings is 1. The highest BCUT2D eigenvalue weighted by Gasteiger charge is 2.08. The van der Waals surface area contributed by atoms with Crippen LogP contribution in [-0.4, -0.2) is 15.8 Å². The molecule has 0 unspecified atom stereocenters. The van der Waals surface area contributed by atoms with E-state index >= 15 is 0 Å². The van der Waals surface area contributed by atoms with E-state index in [-0.39, 0.29) is 10.2 Å². The van der Waals surface area contributed by atoms with E-state index in [1.807, 2.05) is 0 Å². The molecule has 2 aromatic rings. The summed E-state index contributed by atoms with van der Waals surface area (Å²) in [7, 11) is 0. The molecule has 0 saturated carbocycles. The molecule has 2 heterocycles. The van der Waals surface area contributed by atoms with Gasteiger partial charge in [0.15, 0.2) is 0 Å². The number of rotatable bonds is 4. The van der Waals surface area contributed by atoms with Gasteiger partial charge in [-0.3, -0.25) is 14.9 Å². The Balaban J connectivity index is 2.00. The van der Waals surface area contributed by atoms with Crippen molar-refractivity contribution < 1.29 is 9.72 Å². The third-order valence-corrected chi connectivity index (χ3v) is 3.37. The molecule has 20 heavy (non-hydrogen) atoms. The quantitative estimate of drug-likeness (QED) is 0.406. The second-order valence-corrected chi connectivity index (χ2v) is 5.08. The van der Waals surface area contributed by atoms with E-state index in [0.29, 0.717) is 10.7 Å². The van der Waals surface area contributed by atoms with Gasteiger partial charge in [-0.2, -0.15) is 0 Å². The van der Waals surface area contributed by atoms with Crippen molar-refractivity contribution in [1.29, 1.82) is 0 Å². The highest BCUT2D eigenvalue weighted by atomic mass is 35.5. The predicted molar refractivity (Wildman–Crippen MR) is 77.9 cm³/mol. The van der Waals surface area contributed by atoms with Gasteiger partial charge in [-0.1, -0.05) is 29.0 Å². The number of amides is 1. The van der Waals surface area contributed by atoms with Gasteiger partial charge in [0.2, 0.25) is 5.91 Å². The number of nitrogens with one attached hydrogen (secondary N) is 1. The van der Waals surface area contributed by atoms with Gasteiger partial charge in [-0.25, -0.2) is 4.98 Å². The number of anilines is 1. The topological polar surface area (TPSA) is 85.1 Å². The Kier molecular flexibility index (Phi) is 4.44. The molecule has 0 saturated heterocycles. The number of carbonyl (C=O) groups is 1. The molecule has 0 aliphatic rings. The second-order valence-electron chi connectivity index (χ2n) is 3.60. The largest absolute Gasteiger partial charge is 0.324 e. The molecule has 1 amide bonds. The van der Waals surface area contributed by atoms with Crippen LogP contribution in [0, 0.1) is 10.1 Å². The number of hydrogen-bond acceptors (Lipinski definition) is 5. The molecule has 0 aliphatic carbocycles. The molecule has 8 heteroatoms. The Morgan fingerprint density at radius 3 is 2.85 bits per heavy atom. The number of hydrogen-bond donors (Lipinski definition) is 1. The summed E-state index contributed by atoms with van der Waals surface area (Å²) in [6.45, 7) is 0. The first-order chi connectivity index (χ1) is 9.54. The van der Waals surface area contributed by atoms with E-state index in [4.69, 9.17) is 11.6 Å². The Morgan fingerprint density at radius 2 is 2.20 bits per heavy atom. The molecule has 0 spiro atoms. The SMILES string of the molecule is O=C(/C=C/c1ccc([N+](=O)[O-])s1)Nc1cccc(Cl)n1. The lowest BCUT2D eigenvalue weighted by molar-refractivity contribution is -0.380. The van der Waals surface area contributed by atoms with Crippen molar-refractivity contribution in [2.45, 2.75) is 0 Å². The average Bonchev–Trinajstić information content (AvgIpc) is 2.85. The standard InChI is InChI=1S/C12H8ClN3O3S/c13-9-2-1-3-10(14-9)15-11(17)6-4-8-5-7-12(20-8)16(18)19/h1-7H,(H,14,15,17)/b6-4+. The average molecular weight is 310 g/mol. The normalized spacial score (nSPS) is 10.7. The van der Waals surface area contributed by atoms with Crippen LogP contribution in [0.3, 0.4) is 0 Å². The maximum absolute atomic E-state index is 11.6. The summed E-state index contributed by atoms with van der Waals surface area (Å²) in [5.41, 5.74) is 0. The summed E-state index contributed by atoms with van der Waals surface area (Å²) in [6, 6.07) is 7.83. The van der Waals surface area contributed by atoms with E-state index in [1.165, 1.54) is 18.2 Å². The van der Waals surface area contributed by atoms with Crippen LogP contribution in [0.5, 0.6) is 0 Å². The lowest BCUT2D eigenvalue weighted by Gasteiger charge is -2.00. The summed E-state index contributed by atoms with van der Waals surface area (Å²) >= 11 is 6.68. The maximum atomic E-state index is 11.6. The minimum absolute atomic E-state index is 0.0292. The van der Waals surface area contributed by atoms with Gasteiger partial charge in [0.25, 0.3) is 0 Å². The van der Waals surface area contributed by atoms with E-state index < -0.39 is 10.8 Å². The number of carbonyl (C=O) groups excluding carboxylic acids is 1. The summed E-state index contributed by atoms with van der Waals surface area (Å²) in [6.07, 6.45) is 2.77. The molecule has 2 aromatic heterocycles. The van der Waals surface area contributed by atoms with Gasteiger partial charge in [0.05, 0.1) is 4.92 Å². The lowest BCUT2D eigenvalue weighted by atomic mass is 10.4. The molecule has 1 N–H and O–H groups in total. The molecule has 6 nitrogen and oxygen atoms in total. The third-order valence-electron chi connectivity index (χ3n) is 2.16. The van der Waals surface area contributed by atoms with Crippen LogP contribution in [-0.2, 0) is 4.79 Å². The summed E-state index contributed by atoms with van der Waals surface area (Å²) in [5.74, 6) is -0.0554. The molecule has 102 valence electrons. The van der Waals surface area contributed by atoms with Crippen LogP contribution in [0.2, 0.25) is 5.15 Å². The Bertz CT molecular complexity index is 684. The highest BCUT2D eigenvalue weighted by molar-refractivity contribution is 7.16. The summed E-state index contributed by atoms with van der Waals surface area (Å²) < 4.78 is 0. The van der Waals surface area contributed by atoms with E-state index in [1.54, 1.807) is 24.3 Å². The smallest absolute Gasteiger partial charge is 0.307 e. The van der Waals surface area contributed by atoms with Crippen molar-refractivity contribution in [2.24, 2.45) is 0 Å². The van der Waals surface area contributed by atoms with Crippen LogP contribution >= 0.6 is 22.9 Å². The van der Waals surface area contributed by atoms with Gasteiger partial charge in [0, 0.05) is 17.0 Å². The predicted octanol–water partition coefficient (Wildman–Crippen LogP) is 3.36. The first kappa shape index (κ1) is 14.2. The fourth-order valence-corrected chi connectivity index (χ4v) is 2.22. The molecular formula is C12H8ClN3O3S. The van der Waals surface area contributed by atoms with Crippen LogP contribution in [0.25, 0.3) is 6.08 Å². The van der Waals surface area contributed by atoms with Crippen LogP contribution in [0.4, 0.5) is 10.8 Å². The molecule has 0 aromatic carbocycles. The van der Waals surface area contributed by atoms with Gasteiger partial charge in [0.1, 0.15) is 11.0 Å². The van der Waals surface area contributed by atoms with E-state index in [2.05, 4.69) is 10.3 Å². The van der Waals surface area contributed by atoms with Gasteiger partial charge in [-0.05, 0) is 24.3 Å². The first-order valence-electron chi connectivity index (χ1n) is 5.40. The van der Waals surface area contributed by atoms with Crippen molar-refractivity contribution in [3.63, 3.8) is 0 Å². The molecular weight excluding hydrogens is 302 g/mol. The zero-order chi connectivity index (χ0) is 14.5. The Labute approximate surface area is 122 Å². The second kappa shape index (κ2) is 6.27. The minimum atomic E-state index is -0.474. The summed E-state index contributed by atoms with van der Waals surface area (Å²) in [5, 5.41) is 13.4. The van der Waals surface area contributed by atoms with Crippen LogP contribution < -0.4 is 5.32 Å². The minimum Gasteiger partial charge on any atom is -0.307 e. The zero-order valence-electron chi connectivity index (χ0n) is 9.95. The lowest BCUT2D eigenvalue weighted by Crippen LogP contribution is -2.08. The summed E-state index contributed by atoms with van der Waals surface area (Å²) in [4.78, 5) is 26.2. The third kappa shape index (κ3) is 3.87. The van der Waals surface area contributed by atoms with Crippen LogP contribution in [0.15, 0.2) is 36.4 Å². The van der Waals surface area contributed by atoms with Crippen molar-refractivity contribution >= 4 is 45.7 Å². The maximum Gasteiger partial charge on any atom is 0.324 e. The molecule has 0 aliphatic heterocycles. The van der Waals surface area contributed by atoms with Crippen molar-refractivity contribution in [1.82, 2.24) is 4.98 Å². The van der Waals surface area contributed by atoms with Gasteiger partial charge >= 0.3 is 5.00 Å². The van der Waals surface area contributed by atoms with Crippen molar-refractivity contribution in [3.8, 4) is 0 Å². The first-order valence-corrected chi connectivity index (χ1v) is 6.60. The monoisotopic (exact) mass is 309 g/mol. The van der Waals surface area contributed by atoms with Crippen molar-refractivity contribution in [2.75, 3.05) is 5.32 Å². The zero-order valence-corrected chi connectivity index (χ0v) is 11.5. The Morgan fingerprint density at radius 1 is 1.40 bits per heavy atom. The van der Waals surface area contributed by atoms with Gasteiger partial charge < -0.3 is 5.32 Å². The molecule has 0 radical (unpaired) electrons. The highest BCUT2D eigenvalue weighted by Crippen LogP contribution is 2.24. The number of aromatic nitrogens is 1. The van der Waals surface area contributed by atoms with E-state index in [9.17, 15) is 14.9 Å². The number of halogens is 1. The van der Waals surface area contributed by atoms with E-state index in [0.717, 1.165) is 11.3 Å². The molecule has 0 fully saturated rings. The number of pyridine rings is 1. The Hall–Kier alpha value is -2.25. The molecule has 0 bridgehead atoms. The van der Waals surface area contributed by atoms with Crippen molar-refractivity contribution in [3.05, 3.63) is 56.6 Å². The molecule has 0 atom stereocenters. The number of nitrogens with zero attached hydrogens (tertiary/aromatic N) is 2. The fraction of sp³-hybridized carbons (Fsp3) is 0. The van der Waals surface area contributed by atoms with Gasteiger partial charge in [-0.15, -0.1) is 0 Å². The fourth-order valence-electron chi connectivity index (χ4n) is 1.33. The van der Waals surface area contributed by atoms with Crippen LogP contribution in [0.1, 0.15) is 4.88 Å².